The quantitative estimate of drug-likeness (QED) is 0.558. The lowest BCUT2D eigenvalue weighted by Gasteiger charge is -1.90. The molecule has 0 aliphatic heterocycles. The summed E-state index contributed by atoms with van der Waals surface area (Å²) in [5.74, 6) is -2.24. The number of ketones is 1. The third-order valence-corrected chi connectivity index (χ3v) is 1.28. The van der Waals surface area contributed by atoms with Crippen LogP contribution in [-0.2, 0) is 4.79 Å². The minimum Gasteiger partial charge on any atom is -0.504 e. The number of halogens is 1. The molecule has 0 radical (unpaired) electrons. The van der Waals surface area contributed by atoms with Crippen molar-refractivity contribution < 1.29 is 14.3 Å². The van der Waals surface area contributed by atoms with Crippen LogP contribution in [0.15, 0.2) is 23.7 Å². The number of allylic oxidation sites excluding steroid dienone is 3. The van der Waals surface area contributed by atoms with Crippen LogP contribution in [0.2, 0.25) is 0 Å². The number of aliphatic hydroxyl groups is 1. The highest BCUT2D eigenvalue weighted by Crippen LogP contribution is 2.12. The average molecular weight is 142 g/mol. The number of hydrogen-bond donors (Lipinski definition) is 1. The minimum atomic E-state index is -0.905. The predicted octanol–water partition coefficient (Wildman–Crippen LogP) is 1.64. The molecule has 1 aliphatic carbocycles. The van der Waals surface area contributed by atoms with Gasteiger partial charge in [-0.1, -0.05) is 0 Å². The summed E-state index contributed by atoms with van der Waals surface area (Å²) < 4.78 is 12.4. The molecule has 0 unspecified atom stereocenters. The smallest absolute Gasteiger partial charge is 0.254 e. The first-order valence-corrected chi connectivity index (χ1v) is 3.01. The molecule has 2 nitrogen and oxygen atoms in total. The fourth-order valence-electron chi connectivity index (χ4n) is 0.738. The second-order valence-electron chi connectivity index (χ2n) is 2.05. The van der Waals surface area contributed by atoms with E-state index in [4.69, 9.17) is 5.11 Å². The summed E-state index contributed by atoms with van der Waals surface area (Å²) >= 11 is 0. The minimum absolute atomic E-state index is 0.474. The zero-order chi connectivity index (χ0) is 7.56. The first-order valence-electron chi connectivity index (χ1n) is 3.01. The number of carbonyl (C=O) groups excluding carboxylic acids is 1. The molecule has 0 saturated heterocycles. The van der Waals surface area contributed by atoms with E-state index in [1.807, 2.05) is 0 Å². The van der Waals surface area contributed by atoms with Crippen molar-refractivity contribution in [1.82, 2.24) is 0 Å². The van der Waals surface area contributed by atoms with Crippen LogP contribution in [0.4, 0.5) is 4.39 Å². The molecule has 0 aromatic carbocycles. The fraction of sp³-hybridized carbons (Fsp3) is 0.286. The van der Waals surface area contributed by atoms with Crippen molar-refractivity contribution in [2.45, 2.75) is 12.8 Å². The van der Waals surface area contributed by atoms with Crippen LogP contribution in [-0.4, -0.2) is 10.9 Å². The lowest BCUT2D eigenvalue weighted by Crippen LogP contribution is -2.00. The zero-order valence-corrected chi connectivity index (χ0v) is 5.30. The Hall–Kier alpha value is -1.12. The summed E-state index contributed by atoms with van der Waals surface area (Å²) in [5, 5.41) is 8.76. The van der Waals surface area contributed by atoms with Crippen LogP contribution in [0.25, 0.3) is 0 Å². The monoisotopic (exact) mass is 142 g/mol. The van der Waals surface area contributed by atoms with Crippen LogP contribution in [0.1, 0.15) is 12.8 Å². The summed E-state index contributed by atoms with van der Waals surface area (Å²) in [6.07, 6.45) is 3.50. The van der Waals surface area contributed by atoms with E-state index in [2.05, 4.69) is 0 Å². The zero-order valence-electron chi connectivity index (χ0n) is 5.30. The highest BCUT2D eigenvalue weighted by molar-refractivity contribution is 6.04. The first-order chi connectivity index (χ1) is 4.72. The first kappa shape index (κ1) is 6.99. The normalized spacial score (nSPS) is 19.5. The Bertz CT molecular complexity index is 194. The maximum absolute atomic E-state index is 12.4. The SMILES string of the molecule is O=C1C(O)=CCCC=C1F. The summed E-state index contributed by atoms with van der Waals surface area (Å²) in [5.41, 5.74) is 0. The molecule has 0 bridgehead atoms. The lowest BCUT2D eigenvalue weighted by atomic mass is 10.3. The Morgan fingerprint density at radius 1 is 1.40 bits per heavy atom. The van der Waals surface area contributed by atoms with Crippen molar-refractivity contribution in [2.24, 2.45) is 0 Å². The molecular formula is C7H7FO2. The van der Waals surface area contributed by atoms with Gasteiger partial charge in [-0.05, 0) is 25.0 Å². The Morgan fingerprint density at radius 3 is 2.70 bits per heavy atom. The topological polar surface area (TPSA) is 37.3 Å². The maximum Gasteiger partial charge on any atom is 0.254 e. The number of aliphatic hydroxyl groups excluding tert-OH is 1. The van der Waals surface area contributed by atoms with E-state index in [0.717, 1.165) is 0 Å². The van der Waals surface area contributed by atoms with Gasteiger partial charge in [0.25, 0.3) is 5.78 Å². The van der Waals surface area contributed by atoms with Gasteiger partial charge in [-0.2, -0.15) is 0 Å². The van der Waals surface area contributed by atoms with E-state index in [1.54, 1.807) is 0 Å². The van der Waals surface area contributed by atoms with Gasteiger partial charge in [0.1, 0.15) is 0 Å². The third kappa shape index (κ3) is 1.23. The van der Waals surface area contributed by atoms with Crippen molar-refractivity contribution >= 4 is 5.78 Å². The van der Waals surface area contributed by atoms with Gasteiger partial charge in [0.15, 0.2) is 11.6 Å². The summed E-state index contributed by atoms with van der Waals surface area (Å²) in [4.78, 5) is 10.6. The van der Waals surface area contributed by atoms with Crippen molar-refractivity contribution in [3.8, 4) is 0 Å². The number of carbonyl (C=O) groups is 1. The molecule has 1 aliphatic rings. The van der Waals surface area contributed by atoms with Crippen LogP contribution < -0.4 is 0 Å². The molecule has 0 heterocycles. The molecule has 0 spiro atoms. The lowest BCUT2D eigenvalue weighted by molar-refractivity contribution is -0.115. The van der Waals surface area contributed by atoms with Crippen molar-refractivity contribution in [3.05, 3.63) is 23.7 Å². The molecular weight excluding hydrogens is 135 g/mol. The van der Waals surface area contributed by atoms with Crippen molar-refractivity contribution in [2.75, 3.05) is 0 Å². The summed E-state index contributed by atoms with van der Waals surface area (Å²) in [7, 11) is 0. The van der Waals surface area contributed by atoms with Gasteiger partial charge < -0.3 is 5.11 Å². The van der Waals surface area contributed by atoms with Gasteiger partial charge in [0.05, 0.1) is 0 Å². The van der Waals surface area contributed by atoms with E-state index in [9.17, 15) is 9.18 Å². The van der Waals surface area contributed by atoms with Crippen LogP contribution in [0.5, 0.6) is 0 Å². The van der Waals surface area contributed by atoms with Crippen molar-refractivity contribution in [1.29, 1.82) is 0 Å². The van der Waals surface area contributed by atoms with Crippen LogP contribution in [0.3, 0.4) is 0 Å². The molecule has 10 heavy (non-hydrogen) atoms. The van der Waals surface area contributed by atoms with E-state index in [1.165, 1.54) is 12.2 Å². The van der Waals surface area contributed by atoms with E-state index in [0.29, 0.717) is 12.8 Å². The molecule has 0 aromatic heterocycles. The Morgan fingerprint density at radius 2 is 2.00 bits per heavy atom. The molecule has 0 saturated carbocycles. The molecule has 1 N–H and O–H groups in total. The second kappa shape index (κ2) is 2.64. The Kier molecular flexibility index (Phi) is 1.85. The average Bonchev–Trinajstić information content (AvgIpc) is 2.04. The largest absolute Gasteiger partial charge is 0.504 e. The number of Topliss-reactive ketones (excluding diaryl/α,β-unsaturated/α-hetero) is 1. The third-order valence-electron chi connectivity index (χ3n) is 1.28. The molecule has 0 fully saturated rings. The van der Waals surface area contributed by atoms with Gasteiger partial charge in [0, 0.05) is 0 Å². The summed E-state index contributed by atoms with van der Waals surface area (Å²) in [6.45, 7) is 0. The fourth-order valence-corrected chi connectivity index (χ4v) is 0.738. The van der Waals surface area contributed by atoms with Gasteiger partial charge >= 0.3 is 0 Å². The number of hydrogen-bond acceptors (Lipinski definition) is 2. The van der Waals surface area contributed by atoms with Crippen LogP contribution in [0, 0.1) is 0 Å². The molecule has 54 valence electrons. The maximum atomic E-state index is 12.4. The molecule has 0 atom stereocenters. The predicted molar refractivity (Wildman–Crippen MR) is 34.1 cm³/mol. The van der Waals surface area contributed by atoms with Gasteiger partial charge in [0.2, 0.25) is 0 Å². The van der Waals surface area contributed by atoms with E-state index < -0.39 is 17.4 Å². The van der Waals surface area contributed by atoms with E-state index >= 15 is 0 Å². The Labute approximate surface area is 57.7 Å². The van der Waals surface area contributed by atoms with E-state index in [-0.39, 0.29) is 0 Å². The molecule has 0 amide bonds. The van der Waals surface area contributed by atoms with Gasteiger partial charge in [-0.15, -0.1) is 0 Å². The van der Waals surface area contributed by atoms with Gasteiger partial charge in [-0.25, -0.2) is 4.39 Å². The molecule has 3 heteroatoms. The molecule has 0 aromatic rings. The summed E-state index contributed by atoms with van der Waals surface area (Å²) in [6, 6.07) is 0. The standard InChI is InChI=1S/C7H7FO2/c8-5-3-1-2-4-6(9)7(5)10/h3-4,9H,1-2H2. The Balaban J connectivity index is 2.90. The van der Waals surface area contributed by atoms with Crippen molar-refractivity contribution in [3.63, 3.8) is 0 Å². The highest BCUT2D eigenvalue weighted by Gasteiger charge is 2.14. The highest BCUT2D eigenvalue weighted by atomic mass is 19.1. The number of rotatable bonds is 0. The van der Waals surface area contributed by atoms with Crippen LogP contribution >= 0.6 is 0 Å². The molecule has 1 rings (SSSR count). The van der Waals surface area contributed by atoms with Gasteiger partial charge in [-0.3, -0.25) is 4.79 Å². The second-order valence-corrected chi connectivity index (χ2v) is 2.05.